The minimum Gasteiger partial charge on any atom is -0.379 e. The van der Waals surface area contributed by atoms with E-state index in [0.29, 0.717) is 25.6 Å². The fourth-order valence-corrected chi connectivity index (χ4v) is 7.53. The molecule has 8 atom stereocenters. The number of rotatable bonds is 24. The highest BCUT2D eigenvalue weighted by atomic mass is 16.5. The molecular weight excluding hydrogens is 672 g/mol. The monoisotopic (exact) mass is 753 g/mol. The van der Waals surface area contributed by atoms with E-state index in [4.69, 9.17) is 14.2 Å². The molecule has 1 unspecified atom stereocenters. The van der Waals surface area contributed by atoms with Crippen LogP contribution >= 0.6 is 0 Å². The van der Waals surface area contributed by atoms with Gasteiger partial charge in [0.25, 0.3) is 0 Å². The quantitative estimate of drug-likeness (QED) is 0.1000. The van der Waals surface area contributed by atoms with Crippen molar-refractivity contribution in [1.82, 2.24) is 25.8 Å². The fourth-order valence-electron chi connectivity index (χ4n) is 7.53. The zero-order valence-electron chi connectivity index (χ0n) is 35.2. The summed E-state index contributed by atoms with van der Waals surface area (Å²) in [6.45, 7) is 16.3. The van der Waals surface area contributed by atoms with Crippen molar-refractivity contribution >= 4 is 23.4 Å². The average Bonchev–Trinajstić information content (AvgIpc) is 3.62. The van der Waals surface area contributed by atoms with Gasteiger partial charge in [0.05, 0.1) is 56.0 Å². The van der Waals surface area contributed by atoms with Gasteiger partial charge in [0.15, 0.2) is 0 Å². The zero-order chi connectivity index (χ0) is 39.8. The molecule has 0 bridgehead atoms. The van der Waals surface area contributed by atoms with Crippen LogP contribution in [0.2, 0.25) is 0 Å². The summed E-state index contributed by atoms with van der Waals surface area (Å²) >= 11 is 0. The molecule has 53 heavy (non-hydrogen) atoms. The summed E-state index contributed by atoms with van der Waals surface area (Å²) in [6.07, 6.45) is 2.25. The Labute approximate surface area is 325 Å². The van der Waals surface area contributed by atoms with Crippen LogP contribution in [0.5, 0.6) is 0 Å². The van der Waals surface area contributed by atoms with Crippen molar-refractivity contribution < 1.29 is 32.9 Å². The molecule has 0 aromatic heterocycles. The second-order valence-electron chi connectivity index (χ2n) is 15.8. The molecule has 1 saturated heterocycles. The number of ether oxygens (including phenoxy) is 3. The van der Waals surface area contributed by atoms with Gasteiger partial charge in [-0.25, -0.2) is 0 Å². The molecule has 0 spiro atoms. The smallest absolute Gasteiger partial charge is 0.240 e. The number of nitrogens with one attached hydrogen (secondary N) is 3. The lowest BCUT2D eigenvalue weighted by Gasteiger charge is -2.41. The normalized spacial score (nSPS) is 18.7. The van der Waals surface area contributed by atoms with Crippen molar-refractivity contribution in [2.45, 2.75) is 117 Å². The number of likely N-dealkylation sites (tertiary alicyclic amines) is 1. The van der Waals surface area contributed by atoms with Crippen LogP contribution < -0.4 is 20.9 Å². The summed E-state index contributed by atoms with van der Waals surface area (Å²) in [5.74, 6) is -0.142. The van der Waals surface area contributed by atoms with Crippen LogP contribution in [0.15, 0.2) is 24.3 Å². The third-order valence-electron chi connectivity index (χ3n) is 11.2. The fraction of sp³-hybridized carbons (Fsp3) is 0.780. The molecular formula is C41H80N6O6. The molecule has 1 fully saturated rings. The number of carbonyl (C=O) groups excluding carboxylic acids is 3. The summed E-state index contributed by atoms with van der Waals surface area (Å²) in [6, 6.07) is 7.51. The third-order valence-corrected chi connectivity index (χ3v) is 11.2. The number of likely N-dealkylation sites (N-methyl/N-ethyl adjacent to an activating group) is 2. The van der Waals surface area contributed by atoms with Gasteiger partial charge in [-0.2, -0.15) is 0 Å². The lowest BCUT2D eigenvalue weighted by Crippen LogP contribution is -2.57. The van der Waals surface area contributed by atoms with Crippen LogP contribution in [0.1, 0.15) is 84.0 Å². The van der Waals surface area contributed by atoms with Gasteiger partial charge in [-0.1, -0.05) is 67.0 Å². The number of hydrogen-bond donors (Lipinski definition) is 3. The van der Waals surface area contributed by atoms with Gasteiger partial charge in [0.1, 0.15) is 0 Å². The predicted molar refractivity (Wildman–Crippen MR) is 220 cm³/mol. The molecule has 3 amide bonds. The summed E-state index contributed by atoms with van der Waals surface area (Å²) in [7, 11) is 11.0. The topological polar surface area (TPSA) is 125 Å². The molecule has 1 aromatic rings. The van der Waals surface area contributed by atoms with E-state index >= 15 is 0 Å². The van der Waals surface area contributed by atoms with E-state index < -0.39 is 24.2 Å². The SMILES string of the molecule is CCC(C)[C@@H]([C@@H](CC(=O)N1CCC[C@H]1[C@H](OC)[C@@H](C)C(=O)NCCc1ccc(N(C)C)cc1)OC)N(C)C(=O)[C@@H](NCOC[C@@H](NC)C(C)C)C(C)C.[HH].[HH].[HH]. The van der Waals surface area contributed by atoms with E-state index in [-0.39, 0.29) is 65.1 Å². The molecule has 12 nitrogen and oxygen atoms in total. The van der Waals surface area contributed by atoms with Crippen LogP contribution in [0.4, 0.5) is 5.69 Å². The van der Waals surface area contributed by atoms with E-state index in [1.807, 2.05) is 53.9 Å². The van der Waals surface area contributed by atoms with E-state index in [1.54, 1.807) is 19.1 Å². The Kier molecular flexibility index (Phi) is 20.3. The Bertz CT molecular complexity index is 1250. The number of methoxy groups -OCH3 is 2. The van der Waals surface area contributed by atoms with Crippen molar-refractivity contribution in [1.29, 1.82) is 0 Å². The molecule has 0 saturated carbocycles. The summed E-state index contributed by atoms with van der Waals surface area (Å²) < 4.78 is 17.9. The Balaban J connectivity index is 0. The van der Waals surface area contributed by atoms with Crippen molar-refractivity contribution in [2.24, 2.45) is 23.7 Å². The second kappa shape index (κ2) is 23.2. The van der Waals surface area contributed by atoms with Gasteiger partial charge in [0.2, 0.25) is 17.7 Å². The minimum absolute atomic E-state index is 0. The molecule has 1 heterocycles. The number of anilines is 1. The molecule has 1 aromatic carbocycles. The molecule has 0 radical (unpaired) electrons. The lowest BCUT2D eigenvalue weighted by molar-refractivity contribution is -0.147. The maximum absolute atomic E-state index is 14.1. The molecule has 2 rings (SSSR count). The Morgan fingerprint density at radius 1 is 0.981 bits per heavy atom. The molecule has 0 aliphatic carbocycles. The summed E-state index contributed by atoms with van der Waals surface area (Å²) in [4.78, 5) is 47.3. The number of amides is 3. The molecule has 3 N–H and O–H groups in total. The van der Waals surface area contributed by atoms with Gasteiger partial charge in [-0.15, -0.1) is 0 Å². The molecule has 310 valence electrons. The molecule has 1 aliphatic rings. The van der Waals surface area contributed by atoms with Crippen molar-refractivity contribution in [3.63, 3.8) is 0 Å². The van der Waals surface area contributed by atoms with Gasteiger partial charge in [-0.3, -0.25) is 19.7 Å². The number of nitrogens with zero attached hydrogens (tertiary/aromatic N) is 3. The lowest BCUT2D eigenvalue weighted by atomic mass is 9.89. The standard InChI is InChI=1S/C41H74N6O6.3H2/c1-14-29(6)38(46(11)41(50)37(28(4)5)44-26-53-25-33(42-8)27(2)3)35(51-12)24-36(48)47-23-15-16-34(47)39(52-13)30(7)40(49)43-22-21-31-17-19-32(20-18-31)45(9)10;;;/h17-20,27-30,33-35,37-39,42,44H,14-16,21-26H2,1-13H3,(H,43,49);3*1H/t29?,30-,33-,34+,35-,37+,38+,39-;;;/m1.../s1. The van der Waals surface area contributed by atoms with Crippen LogP contribution in [0.3, 0.4) is 0 Å². The maximum atomic E-state index is 14.1. The summed E-state index contributed by atoms with van der Waals surface area (Å²) in [5, 5.41) is 9.71. The van der Waals surface area contributed by atoms with E-state index in [9.17, 15) is 14.4 Å². The zero-order valence-corrected chi connectivity index (χ0v) is 35.2. The predicted octanol–water partition coefficient (Wildman–Crippen LogP) is 4.90. The average molecular weight is 753 g/mol. The second-order valence-corrected chi connectivity index (χ2v) is 15.8. The number of hydrogen-bond acceptors (Lipinski definition) is 9. The van der Waals surface area contributed by atoms with Gasteiger partial charge in [0, 0.05) is 64.5 Å². The molecule has 12 heteroatoms. The highest BCUT2D eigenvalue weighted by Crippen LogP contribution is 2.29. The van der Waals surface area contributed by atoms with Crippen molar-refractivity contribution in [2.75, 3.05) is 73.7 Å². The van der Waals surface area contributed by atoms with Gasteiger partial charge < -0.3 is 39.5 Å². The van der Waals surface area contributed by atoms with E-state index in [1.165, 1.54) is 0 Å². The highest BCUT2D eigenvalue weighted by Gasteiger charge is 2.42. The first kappa shape index (κ1) is 46.4. The minimum atomic E-state index is -0.521. The Morgan fingerprint density at radius 3 is 2.17 bits per heavy atom. The van der Waals surface area contributed by atoms with Crippen LogP contribution in [0.25, 0.3) is 0 Å². The number of benzene rings is 1. The summed E-state index contributed by atoms with van der Waals surface area (Å²) in [5.41, 5.74) is 2.28. The van der Waals surface area contributed by atoms with Crippen molar-refractivity contribution in [3.05, 3.63) is 29.8 Å². The van der Waals surface area contributed by atoms with Crippen LogP contribution in [-0.4, -0.2) is 133 Å². The van der Waals surface area contributed by atoms with E-state index in [2.05, 4.69) is 72.8 Å². The largest absolute Gasteiger partial charge is 0.379 e. The maximum Gasteiger partial charge on any atom is 0.240 e. The molecule has 1 aliphatic heterocycles. The van der Waals surface area contributed by atoms with Crippen LogP contribution in [-0.2, 0) is 35.0 Å². The van der Waals surface area contributed by atoms with Gasteiger partial charge >= 0.3 is 0 Å². The number of carbonyl (C=O) groups is 3. The first-order chi connectivity index (χ1) is 25.1. The first-order valence-corrected chi connectivity index (χ1v) is 19.8. The van der Waals surface area contributed by atoms with E-state index in [0.717, 1.165) is 36.9 Å². The Hall–Kier alpha value is -2.77. The first-order valence-electron chi connectivity index (χ1n) is 19.8. The van der Waals surface area contributed by atoms with Crippen molar-refractivity contribution in [3.8, 4) is 0 Å². The highest BCUT2D eigenvalue weighted by molar-refractivity contribution is 5.83. The van der Waals surface area contributed by atoms with Gasteiger partial charge in [-0.05, 0) is 61.8 Å². The third kappa shape index (κ3) is 13.5. The Morgan fingerprint density at radius 2 is 1.64 bits per heavy atom. The van der Waals surface area contributed by atoms with Crippen LogP contribution in [0, 0.1) is 23.7 Å².